The Morgan fingerprint density at radius 3 is 1.10 bits per heavy atom. The second-order valence-corrected chi connectivity index (χ2v) is 6.29. The number of alkyl halides is 3. The number of hydrogen-bond donors (Lipinski definition) is 2. The van der Waals surface area contributed by atoms with Gasteiger partial charge in [-0.25, -0.2) is 22.0 Å². The Morgan fingerprint density at radius 2 is 0.800 bits per heavy atom. The quantitative estimate of drug-likeness (QED) is 0.241. The number of aromatic hydroxyl groups is 2. The molecular weight excluding hydrogens is 424 g/mol. The summed E-state index contributed by atoms with van der Waals surface area (Å²) in [5, 5.41) is 18.8. The summed E-state index contributed by atoms with van der Waals surface area (Å²) >= 11 is 0. The Kier molecular flexibility index (Phi) is 5.13. The molecule has 0 atom stereocenters. The third kappa shape index (κ3) is 3.03. The molecule has 3 rings (SSSR count). The monoisotopic (exact) mass is 434 g/mol. The van der Waals surface area contributed by atoms with E-state index in [1.807, 2.05) is 0 Å². The van der Waals surface area contributed by atoms with Crippen LogP contribution < -0.4 is 0 Å². The Hall–Kier alpha value is -3.30. The van der Waals surface area contributed by atoms with Crippen molar-refractivity contribution in [1.82, 2.24) is 0 Å². The minimum absolute atomic E-state index is 0.502. The molecule has 0 bridgehead atoms. The molecule has 0 unspecified atom stereocenters. The fourth-order valence-corrected chi connectivity index (χ4v) is 3.28. The van der Waals surface area contributed by atoms with Gasteiger partial charge in [-0.15, -0.1) is 0 Å². The summed E-state index contributed by atoms with van der Waals surface area (Å²) in [6, 6.07) is 5.65. The molecule has 158 valence electrons. The molecule has 3 aromatic rings. The van der Waals surface area contributed by atoms with E-state index in [-0.39, 0.29) is 0 Å². The van der Waals surface area contributed by atoms with Gasteiger partial charge in [-0.1, -0.05) is 24.3 Å². The molecule has 2 nitrogen and oxygen atoms in total. The van der Waals surface area contributed by atoms with Crippen LogP contribution >= 0.6 is 0 Å². The minimum Gasteiger partial charge on any atom is -0.508 e. The van der Waals surface area contributed by atoms with Crippen LogP contribution in [0.1, 0.15) is 16.7 Å². The predicted molar refractivity (Wildman–Crippen MR) is 88.4 cm³/mol. The third-order valence-electron chi connectivity index (χ3n) is 4.61. The van der Waals surface area contributed by atoms with Crippen LogP contribution in [-0.4, -0.2) is 16.4 Å². The Bertz CT molecular complexity index is 1020. The number of phenols is 2. The van der Waals surface area contributed by atoms with Crippen LogP contribution in [0.2, 0.25) is 0 Å². The number of benzene rings is 3. The molecular formula is C20H10F8O2. The molecule has 0 heterocycles. The van der Waals surface area contributed by atoms with Gasteiger partial charge in [-0.3, -0.25) is 0 Å². The van der Waals surface area contributed by atoms with Gasteiger partial charge in [-0.2, -0.15) is 13.2 Å². The summed E-state index contributed by atoms with van der Waals surface area (Å²) in [4.78, 5) is 0. The second kappa shape index (κ2) is 7.19. The first-order valence-electron chi connectivity index (χ1n) is 8.10. The van der Waals surface area contributed by atoms with E-state index < -0.39 is 68.9 Å². The highest BCUT2D eigenvalue weighted by molar-refractivity contribution is 5.55. The number of rotatable bonds is 3. The Labute approximate surface area is 163 Å². The SMILES string of the molecule is Oc1ccc(C(c2ccc(O)cc2)(c2c(F)c(F)c(F)c(F)c2F)C(F)(F)F)cc1. The molecule has 0 radical (unpaired) electrons. The topological polar surface area (TPSA) is 40.5 Å². The van der Waals surface area contributed by atoms with Gasteiger partial charge < -0.3 is 10.2 Å². The lowest BCUT2D eigenvalue weighted by Crippen LogP contribution is -2.46. The van der Waals surface area contributed by atoms with E-state index in [9.17, 15) is 45.3 Å². The van der Waals surface area contributed by atoms with Gasteiger partial charge in [0.25, 0.3) is 0 Å². The second-order valence-electron chi connectivity index (χ2n) is 6.29. The fraction of sp³-hybridized carbons (Fsp3) is 0.100. The molecule has 3 aromatic carbocycles. The van der Waals surface area contributed by atoms with Crippen molar-refractivity contribution in [2.75, 3.05) is 0 Å². The molecule has 0 aliphatic rings. The largest absolute Gasteiger partial charge is 0.508 e. The van der Waals surface area contributed by atoms with Crippen LogP contribution in [0.25, 0.3) is 0 Å². The van der Waals surface area contributed by atoms with Crippen molar-refractivity contribution in [3.63, 3.8) is 0 Å². The summed E-state index contributed by atoms with van der Waals surface area (Å²) < 4.78 is 114. The molecule has 30 heavy (non-hydrogen) atoms. The molecule has 10 heteroatoms. The number of halogens is 8. The molecule has 0 aliphatic heterocycles. The molecule has 0 saturated carbocycles. The van der Waals surface area contributed by atoms with Crippen molar-refractivity contribution in [2.45, 2.75) is 11.6 Å². The van der Waals surface area contributed by atoms with E-state index in [2.05, 4.69) is 0 Å². The van der Waals surface area contributed by atoms with E-state index >= 15 is 0 Å². The highest BCUT2D eigenvalue weighted by Crippen LogP contribution is 2.53. The standard InChI is InChI=1S/C20H10F8O2/c21-14-13(15(22)17(24)18(25)16(14)23)19(20(26,27)28,9-1-5-11(29)6-2-9)10-3-7-12(30)8-4-10/h1-8,29-30H. The van der Waals surface area contributed by atoms with Crippen molar-refractivity contribution in [1.29, 1.82) is 0 Å². The number of phenolic OH excluding ortho intramolecular Hbond substituents is 2. The molecule has 0 saturated heterocycles. The van der Waals surface area contributed by atoms with Gasteiger partial charge in [0, 0.05) is 0 Å². The zero-order chi connectivity index (χ0) is 22.4. The highest BCUT2D eigenvalue weighted by Gasteiger charge is 2.61. The Morgan fingerprint density at radius 1 is 0.500 bits per heavy atom. The van der Waals surface area contributed by atoms with Gasteiger partial charge in [0.1, 0.15) is 16.9 Å². The Balaban J connectivity index is 2.60. The first-order chi connectivity index (χ1) is 13.9. The molecule has 0 spiro atoms. The van der Waals surface area contributed by atoms with Crippen LogP contribution in [0.5, 0.6) is 11.5 Å². The summed E-state index contributed by atoms with van der Waals surface area (Å²) in [7, 11) is 0. The van der Waals surface area contributed by atoms with Gasteiger partial charge >= 0.3 is 6.18 Å². The van der Waals surface area contributed by atoms with Gasteiger partial charge in [0.2, 0.25) is 5.82 Å². The van der Waals surface area contributed by atoms with E-state index in [4.69, 9.17) is 0 Å². The van der Waals surface area contributed by atoms with Crippen LogP contribution in [0.4, 0.5) is 35.1 Å². The van der Waals surface area contributed by atoms with E-state index in [1.165, 1.54) is 0 Å². The van der Waals surface area contributed by atoms with Crippen molar-refractivity contribution in [2.24, 2.45) is 0 Å². The first-order valence-corrected chi connectivity index (χ1v) is 8.10. The molecule has 0 aliphatic carbocycles. The van der Waals surface area contributed by atoms with Crippen LogP contribution in [-0.2, 0) is 5.41 Å². The molecule has 0 amide bonds. The summed E-state index contributed by atoms with van der Waals surface area (Å²) in [5.74, 6) is -14.0. The highest BCUT2D eigenvalue weighted by atomic mass is 19.4. The third-order valence-corrected chi connectivity index (χ3v) is 4.61. The zero-order valence-electron chi connectivity index (χ0n) is 14.5. The smallest absolute Gasteiger partial charge is 0.406 e. The van der Waals surface area contributed by atoms with Crippen LogP contribution in [0, 0.1) is 29.1 Å². The predicted octanol–water partition coefficient (Wildman–Crippen LogP) is 5.69. The number of hydrogen-bond acceptors (Lipinski definition) is 2. The lowest BCUT2D eigenvalue weighted by Gasteiger charge is -2.38. The van der Waals surface area contributed by atoms with Gasteiger partial charge in [0.05, 0.1) is 5.56 Å². The maximum atomic E-state index is 14.6. The van der Waals surface area contributed by atoms with Crippen molar-refractivity contribution >= 4 is 0 Å². The molecule has 0 fully saturated rings. The molecule has 0 aromatic heterocycles. The lowest BCUT2D eigenvalue weighted by molar-refractivity contribution is -0.168. The average Bonchev–Trinajstić information content (AvgIpc) is 2.69. The normalized spacial score (nSPS) is 12.3. The van der Waals surface area contributed by atoms with Gasteiger partial charge in [-0.05, 0) is 35.4 Å². The van der Waals surface area contributed by atoms with Crippen molar-refractivity contribution in [3.8, 4) is 11.5 Å². The van der Waals surface area contributed by atoms with E-state index in [0.717, 1.165) is 24.3 Å². The van der Waals surface area contributed by atoms with Crippen molar-refractivity contribution < 1.29 is 45.3 Å². The lowest BCUT2D eigenvalue weighted by atomic mass is 9.68. The zero-order valence-corrected chi connectivity index (χ0v) is 14.5. The molecule has 2 N–H and O–H groups in total. The maximum absolute atomic E-state index is 14.6. The van der Waals surface area contributed by atoms with Crippen molar-refractivity contribution in [3.05, 3.63) is 94.3 Å². The summed E-state index contributed by atoms with van der Waals surface area (Å²) in [6.07, 6.45) is -5.63. The first kappa shape index (κ1) is 21.4. The van der Waals surface area contributed by atoms with Gasteiger partial charge in [0.15, 0.2) is 23.3 Å². The maximum Gasteiger partial charge on any atom is 0.406 e. The van der Waals surface area contributed by atoms with Crippen LogP contribution in [0.3, 0.4) is 0 Å². The van der Waals surface area contributed by atoms with E-state index in [0.29, 0.717) is 24.3 Å². The van der Waals surface area contributed by atoms with E-state index in [1.54, 1.807) is 0 Å². The summed E-state index contributed by atoms with van der Waals surface area (Å²) in [5.41, 5.74) is -7.86. The summed E-state index contributed by atoms with van der Waals surface area (Å²) in [6.45, 7) is 0. The fourth-order valence-electron chi connectivity index (χ4n) is 3.28. The average molecular weight is 434 g/mol. The minimum atomic E-state index is -5.63. The van der Waals surface area contributed by atoms with Crippen LogP contribution in [0.15, 0.2) is 48.5 Å².